The van der Waals surface area contributed by atoms with Gasteiger partial charge < -0.3 is 5.32 Å². The van der Waals surface area contributed by atoms with Crippen LogP contribution in [0.25, 0.3) is 0 Å². The van der Waals surface area contributed by atoms with E-state index in [4.69, 9.17) is 0 Å². The molecular weight excluding hydrogens is 202 g/mol. The molecule has 0 spiro atoms. The number of rotatable bonds is 2. The summed E-state index contributed by atoms with van der Waals surface area (Å²) in [6.07, 6.45) is 2.61. The first-order valence-electron chi connectivity index (χ1n) is 5.87. The van der Waals surface area contributed by atoms with Gasteiger partial charge in [-0.25, -0.2) is 0 Å². The molecule has 1 aromatic rings. The Hall–Kier alpha value is -0.470. The molecule has 0 aliphatic carbocycles. The van der Waals surface area contributed by atoms with Crippen LogP contribution in [-0.4, -0.2) is 18.3 Å². The molecule has 0 radical (unpaired) electrons. The highest BCUT2D eigenvalue weighted by Gasteiger charge is 2.13. The van der Waals surface area contributed by atoms with Crippen LogP contribution >= 0.6 is 11.8 Å². The minimum Gasteiger partial charge on any atom is -0.317 e. The van der Waals surface area contributed by atoms with Crippen LogP contribution in [0.1, 0.15) is 26.7 Å². The molecule has 1 aliphatic heterocycles. The van der Waals surface area contributed by atoms with Gasteiger partial charge in [0.25, 0.3) is 0 Å². The van der Waals surface area contributed by atoms with Gasteiger partial charge in [-0.2, -0.15) is 0 Å². The van der Waals surface area contributed by atoms with E-state index in [1.165, 1.54) is 30.8 Å². The van der Waals surface area contributed by atoms with Crippen LogP contribution in [0.5, 0.6) is 0 Å². The van der Waals surface area contributed by atoms with E-state index in [1.807, 2.05) is 25.6 Å². The van der Waals surface area contributed by atoms with E-state index in [0.717, 1.165) is 5.25 Å². The summed E-state index contributed by atoms with van der Waals surface area (Å²) in [5, 5.41) is 4.21. The fraction of sp³-hybridized carbons (Fsp3) is 0.538. The molecule has 0 amide bonds. The predicted octanol–water partition coefficient (Wildman–Crippen LogP) is 3.56. The van der Waals surface area contributed by atoms with Gasteiger partial charge in [-0.15, -0.1) is 11.8 Å². The number of hydrogen-bond donors (Lipinski definition) is 1. The van der Waals surface area contributed by atoms with Crippen molar-refractivity contribution in [3.8, 4) is 0 Å². The van der Waals surface area contributed by atoms with Crippen molar-refractivity contribution in [3.63, 3.8) is 0 Å². The molecule has 0 bridgehead atoms. The average Bonchev–Trinajstić information content (AvgIpc) is 2.34. The smallest absolute Gasteiger partial charge is 0.0118 e. The summed E-state index contributed by atoms with van der Waals surface area (Å²) in [6.45, 7) is 6.37. The van der Waals surface area contributed by atoms with Crippen LogP contribution in [0.2, 0.25) is 0 Å². The van der Waals surface area contributed by atoms with Gasteiger partial charge in [-0.05, 0) is 38.1 Å². The van der Waals surface area contributed by atoms with E-state index in [9.17, 15) is 0 Å². The van der Waals surface area contributed by atoms with Crippen LogP contribution in [0, 0.1) is 0 Å². The summed E-state index contributed by atoms with van der Waals surface area (Å²) in [6, 6.07) is 10.7. The number of benzene rings is 1. The summed E-state index contributed by atoms with van der Waals surface area (Å²) in [5.74, 6) is 0. The first-order valence-corrected chi connectivity index (χ1v) is 6.75. The fourth-order valence-electron chi connectivity index (χ4n) is 1.60. The van der Waals surface area contributed by atoms with Crippen LogP contribution in [-0.2, 0) is 0 Å². The number of thioether (sulfide) groups is 1. The molecule has 1 aromatic carbocycles. The first kappa shape index (κ1) is 12.6. The highest BCUT2D eigenvalue weighted by Crippen LogP contribution is 2.27. The molecule has 0 aromatic heterocycles. The summed E-state index contributed by atoms with van der Waals surface area (Å²) in [7, 11) is 0. The summed E-state index contributed by atoms with van der Waals surface area (Å²) in [4.78, 5) is 1.41. The van der Waals surface area contributed by atoms with Gasteiger partial charge in [-0.3, -0.25) is 0 Å². The average molecular weight is 223 g/mol. The minimum atomic E-state index is 0.823. The monoisotopic (exact) mass is 223 g/mol. The van der Waals surface area contributed by atoms with Crippen molar-refractivity contribution in [1.82, 2.24) is 5.32 Å². The minimum absolute atomic E-state index is 0.823. The van der Waals surface area contributed by atoms with Gasteiger partial charge in [0, 0.05) is 10.1 Å². The van der Waals surface area contributed by atoms with E-state index in [2.05, 4.69) is 35.6 Å². The van der Waals surface area contributed by atoms with Crippen LogP contribution in [0.15, 0.2) is 35.2 Å². The highest BCUT2D eigenvalue weighted by atomic mass is 32.2. The maximum Gasteiger partial charge on any atom is 0.0118 e. The van der Waals surface area contributed by atoms with Gasteiger partial charge in [0.1, 0.15) is 0 Å². The SMILES string of the molecule is CC.c1ccc(SC2CCNCC2)cc1. The number of piperidine rings is 1. The lowest BCUT2D eigenvalue weighted by Gasteiger charge is -2.21. The Morgan fingerprint density at radius 1 is 1.07 bits per heavy atom. The fourth-order valence-corrected chi connectivity index (χ4v) is 2.78. The summed E-state index contributed by atoms with van der Waals surface area (Å²) >= 11 is 2.02. The second kappa shape index (κ2) is 7.77. The van der Waals surface area contributed by atoms with Crippen molar-refractivity contribution in [1.29, 1.82) is 0 Å². The van der Waals surface area contributed by atoms with Gasteiger partial charge >= 0.3 is 0 Å². The van der Waals surface area contributed by atoms with Crippen molar-refractivity contribution < 1.29 is 0 Å². The first-order chi connectivity index (χ1) is 7.45. The Morgan fingerprint density at radius 2 is 1.67 bits per heavy atom. The molecule has 0 atom stereocenters. The van der Waals surface area contributed by atoms with Crippen molar-refractivity contribution in [3.05, 3.63) is 30.3 Å². The van der Waals surface area contributed by atoms with Crippen molar-refractivity contribution in [2.75, 3.05) is 13.1 Å². The Kier molecular flexibility index (Phi) is 6.53. The lowest BCUT2D eigenvalue weighted by atomic mass is 10.2. The molecule has 2 rings (SSSR count). The Morgan fingerprint density at radius 3 is 2.27 bits per heavy atom. The summed E-state index contributed by atoms with van der Waals surface area (Å²) in [5.41, 5.74) is 0. The van der Waals surface area contributed by atoms with Gasteiger partial charge in [-0.1, -0.05) is 32.0 Å². The Labute approximate surface area is 97.7 Å². The molecule has 0 unspecified atom stereocenters. The molecule has 84 valence electrons. The van der Waals surface area contributed by atoms with Crippen molar-refractivity contribution >= 4 is 11.8 Å². The molecule has 1 saturated heterocycles. The third-order valence-corrected chi connectivity index (χ3v) is 3.68. The topological polar surface area (TPSA) is 12.0 Å². The van der Waals surface area contributed by atoms with Gasteiger partial charge in [0.05, 0.1) is 0 Å². The number of nitrogens with one attached hydrogen (secondary N) is 1. The molecule has 1 aliphatic rings. The quantitative estimate of drug-likeness (QED) is 0.823. The maximum atomic E-state index is 3.39. The zero-order valence-corrected chi connectivity index (χ0v) is 10.5. The summed E-state index contributed by atoms with van der Waals surface area (Å²) < 4.78 is 0. The Bertz CT molecular complexity index is 242. The third-order valence-electron chi connectivity index (χ3n) is 2.33. The van der Waals surface area contributed by atoms with Crippen molar-refractivity contribution in [2.24, 2.45) is 0 Å². The van der Waals surface area contributed by atoms with E-state index < -0.39 is 0 Å². The van der Waals surface area contributed by atoms with Crippen molar-refractivity contribution in [2.45, 2.75) is 36.8 Å². The lowest BCUT2D eigenvalue weighted by Crippen LogP contribution is -2.29. The number of hydrogen-bond acceptors (Lipinski definition) is 2. The molecule has 1 N–H and O–H groups in total. The maximum absolute atomic E-state index is 3.39. The predicted molar refractivity (Wildman–Crippen MR) is 69.5 cm³/mol. The zero-order chi connectivity index (χ0) is 10.9. The zero-order valence-electron chi connectivity index (χ0n) is 9.70. The van der Waals surface area contributed by atoms with E-state index in [1.54, 1.807) is 0 Å². The second-order valence-electron chi connectivity index (χ2n) is 3.38. The second-order valence-corrected chi connectivity index (χ2v) is 4.75. The van der Waals surface area contributed by atoms with Gasteiger partial charge in [0.2, 0.25) is 0 Å². The van der Waals surface area contributed by atoms with E-state index in [-0.39, 0.29) is 0 Å². The molecule has 0 saturated carbocycles. The largest absolute Gasteiger partial charge is 0.317 e. The Balaban J connectivity index is 0.000000531. The molecule has 1 fully saturated rings. The van der Waals surface area contributed by atoms with Crippen LogP contribution in [0.3, 0.4) is 0 Å². The van der Waals surface area contributed by atoms with Crippen LogP contribution in [0.4, 0.5) is 0 Å². The normalized spacial score (nSPS) is 16.7. The third kappa shape index (κ3) is 4.72. The molecule has 1 nitrogen and oxygen atoms in total. The van der Waals surface area contributed by atoms with E-state index >= 15 is 0 Å². The highest BCUT2D eigenvalue weighted by molar-refractivity contribution is 8.00. The molecular formula is C13H21NS. The molecule has 15 heavy (non-hydrogen) atoms. The molecule has 1 heterocycles. The molecule has 2 heteroatoms. The van der Waals surface area contributed by atoms with Crippen LogP contribution < -0.4 is 5.32 Å². The van der Waals surface area contributed by atoms with E-state index in [0.29, 0.717) is 0 Å². The lowest BCUT2D eigenvalue weighted by molar-refractivity contribution is 0.531. The standard InChI is InChI=1S/C11H15NS.C2H6/c1-2-4-10(5-3-1)13-11-6-8-12-9-7-11;1-2/h1-5,11-12H,6-9H2;1-2H3. The van der Waals surface area contributed by atoms with Gasteiger partial charge in [0.15, 0.2) is 0 Å².